The lowest BCUT2D eigenvalue weighted by molar-refractivity contribution is 0.0340. The van der Waals surface area contributed by atoms with E-state index in [9.17, 15) is 4.79 Å². The highest BCUT2D eigenvalue weighted by molar-refractivity contribution is 5.97. The van der Waals surface area contributed by atoms with Gasteiger partial charge in [0.2, 0.25) is 0 Å². The van der Waals surface area contributed by atoms with Gasteiger partial charge in [-0.2, -0.15) is 0 Å². The quantitative estimate of drug-likeness (QED) is 0.491. The zero-order valence-corrected chi connectivity index (χ0v) is 18.8. The van der Waals surface area contributed by atoms with Gasteiger partial charge >= 0.3 is 0 Å². The van der Waals surface area contributed by atoms with Gasteiger partial charge in [-0.3, -0.25) is 14.3 Å². The molecule has 0 bridgehead atoms. The number of imidazole rings is 1. The van der Waals surface area contributed by atoms with Gasteiger partial charge in [-0.25, -0.2) is 4.98 Å². The smallest absolute Gasteiger partial charge is 0.251 e. The van der Waals surface area contributed by atoms with Gasteiger partial charge < -0.3 is 10.1 Å². The second kappa shape index (κ2) is 9.57. The number of para-hydroxylation sites is 1. The lowest BCUT2D eigenvalue weighted by atomic mass is 10.1. The summed E-state index contributed by atoms with van der Waals surface area (Å²) >= 11 is 0. The molecule has 6 nitrogen and oxygen atoms in total. The summed E-state index contributed by atoms with van der Waals surface area (Å²) in [5.41, 5.74) is 5.87. The fraction of sp³-hybridized carbons (Fsp3) is 0.259. The maximum Gasteiger partial charge on any atom is 0.251 e. The molecule has 4 aromatic rings. The number of rotatable bonds is 6. The molecule has 0 saturated carbocycles. The predicted molar refractivity (Wildman–Crippen MR) is 130 cm³/mol. The Morgan fingerprint density at radius 2 is 1.70 bits per heavy atom. The molecular formula is C27H28N4O2. The van der Waals surface area contributed by atoms with Crippen LogP contribution < -0.4 is 5.32 Å². The molecule has 33 heavy (non-hydrogen) atoms. The van der Waals surface area contributed by atoms with Crippen molar-refractivity contribution in [2.75, 3.05) is 26.3 Å². The Labute approximate surface area is 193 Å². The van der Waals surface area contributed by atoms with Crippen molar-refractivity contribution in [2.24, 2.45) is 0 Å². The van der Waals surface area contributed by atoms with Crippen molar-refractivity contribution in [2.45, 2.75) is 20.0 Å². The van der Waals surface area contributed by atoms with E-state index in [1.54, 1.807) is 0 Å². The number of morpholine rings is 1. The first-order valence-electron chi connectivity index (χ1n) is 11.4. The summed E-state index contributed by atoms with van der Waals surface area (Å²) in [7, 11) is 0. The molecule has 0 spiro atoms. The third-order valence-corrected chi connectivity index (χ3v) is 6.15. The average molecular weight is 441 g/mol. The van der Waals surface area contributed by atoms with Crippen LogP contribution in [0.1, 0.15) is 27.3 Å². The van der Waals surface area contributed by atoms with Gasteiger partial charge in [-0.15, -0.1) is 0 Å². The van der Waals surface area contributed by atoms with Crippen molar-refractivity contribution < 1.29 is 9.53 Å². The van der Waals surface area contributed by atoms with Gasteiger partial charge in [-0.05, 0) is 48.4 Å². The fourth-order valence-corrected chi connectivity index (χ4v) is 4.41. The lowest BCUT2D eigenvalue weighted by Crippen LogP contribution is -2.36. The molecule has 1 aliphatic rings. The number of hydrogen-bond donors (Lipinski definition) is 1. The molecule has 6 heteroatoms. The molecule has 168 valence electrons. The molecule has 1 amide bonds. The molecule has 1 N–H and O–H groups in total. The monoisotopic (exact) mass is 440 g/mol. The van der Waals surface area contributed by atoms with E-state index < -0.39 is 0 Å². The van der Waals surface area contributed by atoms with Crippen molar-refractivity contribution in [1.29, 1.82) is 0 Å². The number of ether oxygens (including phenoxy) is 1. The number of carbonyl (C=O) groups excluding carboxylic acids is 1. The highest BCUT2D eigenvalue weighted by atomic mass is 16.5. The second-order valence-corrected chi connectivity index (χ2v) is 8.37. The summed E-state index contributed by atoms with van der Waals surface area (Å²) in [5, 5.41) is 3.09. The minimum atomic E-state index is -0.0926. The highest BCUT2D eigenvalue weighted by Gasteiger charge is 2.15. The molecule has 1 fully saturated rings. The van der Waals surface area contributed by atoms with E-state index in [-0.39, 0.29) is 5.91 Å². The summed E-state index contributed by atoms with van der Waals surface area (Å²) in [6, 6.07) is 24.2. The summed E-state index contributed by atoms with van der Waals surface area (Å²) in [5.74, 6) is 0.802. The van der Waals surface area contributed by atoms with Crippen LogP contribution in [0.2, 0.25) is 0 Å². The summed E-state index contributed by atoms with van der Waals surface area (Å²) in [4.78, 5) is 20.0. The first-order valence-corrected chi connectivity index (χ1v) is 11.4. The summed E-state index contributed by atoms with van der Waals surface area (Å²) in [6.07, 6.45) is 0. The average Bonchev–Trinajstić information content (AvgIpc) is 3.19. The van der Waals surface area contributed by atoms with E-state index in [1.165, 1.54) is 5.56 Å². The molecule has 1 saturated heterocycles. The number of hydrogen-bond acceptors (Lipinski definition) is 4. The van der Waals surface area contributed by atoms with Crippen LogP contribution in [-0.2, 0) is 17.8 Å². The highest BCUT2D eigenvalue weighted by Crippen LogP contribution is 2.22. The van der Waals surface area contributed by atoms with Gasteiger partial charge in [-0.1, -0.05) is 42.5 Å². The third-order valence-electron chi connectivity index (χ3n) is 6.15. The topological polar surface area (TPSA) is 59.4 Å². The lowest BCUT2D eigenvalue weighted by Gasteiger charge is -2.27. The predicted octanol–water partition coefficient (Wildman–Crippen LogP) is 4.10. The molecule has 0 unspecified atom stereocenters. The van der Waals surface area contributed by atoms with Gasteiger partial charge in [0.05, 0.1) is 24.2 Å². The molecule has 3 aromatic carbocycles. The SMILES string of the molecule is Cc1nc2cc(C(=O)NCc3ccccc3CN3CCOCC3)ccc2n1-c1ccccc1. The number of amides is 1. The molecule has 1 aromatic heterocycles. The van der Waals surface area contributed by atoms with Crippen LogP contribution in [-0.4, -0.2) is 46.7 Å². The third kappa shape index (κ3) is 4.67. The Bertz CT molecular complexity index is 1260. The second-order valence-electron chi connectivity index (χ2n) is 8.37. The first kappa shape index (κ1) is 21.4. The number of nitrogens with zero attached hydrogens (tertiary/aromatic N) is 3. The van der Waals surface area contributed by atoms with Crippen molar-refractivity contribution in [3.63, 3.8) is 0 Å². The van der Waals surface area contributed by atoms with Crippen molar-refractivity contribution >= 4 is 16.9 Å². The number of fused-ring (bicyclic) bond motifs is 1. The normalized spacial score (nSPS) is 14.5. The van der Waals surface area contributed by atoms with Crippen LogP contribution >= 0.6 is 0 Å². The number of carbonyl (C=O) groups is 1. The Kier molecular flexibility index (Phi) is 6.19. The van der Waals surface area contributed by atoms with Gasteiger partial charge in [0.15, 0.2) is 0 Å². The van der Waals surface area contributed by atoms with E-state index in [4.69, 9.17) is 9.72 Å². The van der Waals surface area contributed by atoms with Gasteiger partial charge in [0.1, 0.15) is 5.82 Å². The molecule has 0 atom stereocenters. The van der Waals surface area contributed by atoms with E-state index >= 15 is 0 Å². The summed E-state index contributed by atoms with van der Waals surface area (Å²) < 4.78 is 7.56. The van der Waals surface area contributed by atoms with Gasteiger partial charge in [0.25, 0.3) is 5.91 Å². The number of aryl methyl sites for hydroxylation is 1. The van der Waals surface area contributed by atoms with E-state index in [0.29, 0.717) is 12.1 Å². The molecular weight excluding hydrogens is 412 g/mol. The Balaban J connectivity index is 1.31. The van der Waals surface area contributed by atoms with E-state index in [2.05, 4.69) is 45.1 Å². The van der Waals surface area contributed by atoms with E-state index in [0.717, 1.165) is 61.0 Å². The van der Waals surface area contributed by atoms with E-state index in [1.807, 2.05) is 49.4 Å². The molecule has 2 heterocycles. The standard InChI is InChI=1S/C27H28N4O2/c1-20-29-25-17-21(11-12-26(25)31(20)24-9-3-2-4-10-24)27(32)28-18-22-7-5-6-8-23(22)19-30-13-15-33-16-14-30/h2-12,17H,13-16,18-19H2,1H3,(H,28,32). The minimum Gasteiger partial charge on any atom is -0.379 e. The van der Waals surface area contributed by atoms with Crippen molar-refractivity contribution in [1.82, 2.24) is 19.8 Å². The Hall–Kier alpha value is -3.48. The van der Waals surface area contributed by atoms with Crippen LogP contribution in [0.25, 0.3) is 16.7 Å². The molecule has 0 aliphatic carbocycles. The van der Waals surface area contributed by atoms with Gasteiger partial charge in [0, 0.05) is 37.4 Å². The van der Waals surface area contributed by atoms with Crippen molar-refractivity contribution in [3.05, 3.63) is 95.3 Å². The molecule has 5 rings (SSSR count). The van der Waals surface area contributed by atoms with Crippen LogP contribution in [0, 0.1) is 6.92 Å². The molecule has 1 aliphatic heterocycles. The number of nitrogens with one attached hydrogen (secondary N) is 1. The van der Waals surface area contributed by atoms with Crippen molar-refractivity contribution in [3.8, 4) is 5.69 Å². The molecule has 0 radical (unpaired) electrons. The van der Waals surface area contributed by atoms with Crippen LogP contribution in [0.3, 0.4) is 0 Å². The fourth-order valence-electron chi connectivity index (χ4n) is 4.41. The number of aromatic nitrogens is 2. The van der Waals surface area contributed by atoms with Crippen LogP contribution in [0.4, 0.5) is 0 Å². The zero-order valence-electron chi connectivity index (χ0n) is 18.8. The maximum atomic E-state index is 13.0. The van der Waals surface area contributed by atoms with Crippen LogP contribution in [0.15, 0.2) is 72.8 Å². The first-order chi connectivity index (χ1) is 16.2. The number of benzene rings is 3. The Morgan fingerprint density at radius 1 is 0.970 bits per heavy atom. The maximum absolute atomic E-state index is 13.0. The minimum absolute atomic E-state index is 0.0926. The Morgan fingerprint density at radius 3 is 2.48 bits per heavy atom. The largest absolute Gasteiger partial charge is 0.379 e. The summed E-state index contributed by atoms with van der Waals surface area (Å²) in [6.45, 7) is 6.79. The van der Waals surface area contributed by atoms with Crippen LogP contribution in [0.5, 0.6) is 0 Å². The zero-order chi connectivity index (χ0) is 22.6.